The molecule has 2 aliphatic carbocycles. The Balaban J connectivity index is 1.86. The number of rotatable bonds is 7. The molecule has 0 aromatic heterocycles. The maximum atomic E-state index is 13.4. The van der Waals surface area contributed by atoms with Crippen LogP contribution in [0.1, 0.15) is 59.3 Å². The van der Waals surface area contributed by atoms with Crippen LogP contribution in [0.5, 0.6) is 0 Å². The highest BCUT2D eigenvalue weighted by molar-refractivity contribution is 6.37. The smallest absolute Gasteiger partial charge is 0.287 e. The van der Waals surface area contributed by atoms with E-state index in [2.05, 4.69) is 11.0 Å². The Kier molecular flexibility index (Phi) is 6.72. The van der Waals surface area contributed by atoms with E-state index >= 15 is 0 Å². The first-order valence-corrected chi connectivity index (χ1v) is 11.2. The van der Waals surface area contributed by atoms with Gasteiger partial charge in [0.05, 0.1) is 12.1 Å². The van der Waals surface area contributed by atoms with Gasteiger partial charge in [0.2, 0.25) is 17.6 Å². The zero-order valence-corrected chi connectivity index (χ0v) is 18.6. The van der Waals surface area contributed by atoms with Crippen LogP contribution in [0.25, 0.3) is 0 Å². The lowest BCUT2D eigenvalue weighted by Crippen LogP contribution is -2.57. The molecular weight excluding hydrogens is 396 g/mol. The number of nitrogens with one attached hydrogen (secondary N) is 1. The van der Waals surface area contributed by atoms with Gasteiger partial charge in [0.25, 0.3) is 5.91 Å². The molecule has 1 saturated heterocycles. The highest BCUT2D eigenvalue weighted by Gasteiger charge is 2.47. The van der Waals surface area contributed by atoms with Gasteiger partial charge in [-0.25, -0.2) is 0 Å². The van der Waals surface area contributed by atoms with Crippen molar-refractivity contribution in [2.24, 2.45) is 28.7 Å². The van der Waals surface area contributed by atoms with Crippen LogP contribution in [-0.2, 0) is 19.2 Å². The minimum absolute atomic E-state index is 0.0359. The molecule has 8 heteroatoms. The molecule has 0 spiro atoms. The number of carbonyl (C=O) groups is 4. The molecule has 1 aliphatic heterocycles. The van der Waals surface area contributed by atoms with Crippen LogP contribution in [0.15, 0.2) is 17.4 Å². The number of amides is 3. The Morgan fingerprint density at radius 1 is 1.23 bits per heavy atom. The van der Waals surface area contributed by atoms with Gasteiger partial charge in [-0.15, -0.1) is 5.73 Å². The minimum atomic E-state index is -1.06. The summed E-state index contributed by atoms with van der Waals surface area (Å²) in [5.74, 6) is -2.32. The van der Waals surface area contributed by atoms with Gasteiger partial charge in [-0.1, -0.05) is 40.0 Å². The summed E-state index contributed by atoms with van der Waals surface area (Å²) in [6, 6.07) is -2.63. The largest absolute Gasteiger partial charge is 0.363 e. The lowest BCUT2D eigenvalue weighted by Gasteiger charge is -2.33. The Morgan fingerprint density at radius 3 is 2.45 bits per heavy atom. The summed E-state index contributed by atoms with van der Waals surface area (Å²) in [6.45, 7) is 6.04. The van der Waals surface area contributed by atoms with Crippen molar-refractivity contribution in [3.05, 3.63) is 17.4 Å². The van der Waals surface area contributed by atoms with Crippen molar-refractivity contribution in [3.8, 4) is 0 Å². The van der Waals surface area contributed by atoms with Gasteiger partial charge in [-0.2, -0.15) is 0 Å². The van der Waals surface area contributed by atoms with Gasteiger partial charge < -0.3 is 21.7 Å². The van der Waals surface area contributed by atoms with Gasteiger partial charge in [0, 0.05) is 18.0 Å². The van der Waals surface area contributed by atoms with Crippen LogP contribution in [0, 0.1) is 17.3 Å². The zero-order valence-electron chi connectivity index (χ0n) is 18.6. The van der Waals surface area contributed by atoms with Gasteiger partial charge in [-0.3, -0.25) is 19.2 Å². The van der Waals surface area contributed by atoms with Crippen LogP contribution in [0.4, 0.5) is 0 Å². The van der Waals surface area contributed by atoms with E-state index in [0.29, 0.717) is 13.0 Å². The third kappa shape index (κ3) is 4.91. The van der Waals surface area contributed by atoms with Crippen LogP contribution in [0.3, 0.4) is 0 Å². The summed E-state index contributed by atoms with van der Waals surface area (Å²) >= 11 is 0. The van der Waals surface area contributed by atoms with Crippen molar-refractivity contribution in [2.45, 2.75) is 77.4 Å². The lowest BCUT2D eigenvalue weighted by molar-refractivity contribution is -0.142. The molecule has 0 radical (unpaired) electrons. The predicted molar refractivity (Wildman–Crippen MR) is 115 cm³/mol. The molecule has 2 fully saturated rings. The number of fused-ring (bicyclic) bond motifs is 1. The first kappa shape index (κ1) is 23.2. The number of primary amides is 1. The highest BCUT2D eigenvalue weighted by atomic mass is 16.2. The van der Waals surface area contributed by atoms with Crippen molar-refractivity contribution >= 4 is 23.5 Å². The topological polar surface area (TPSA) is 136 Å². The van der Waals surface area contributed by atoms with Crippen LogP contribution in [-0.4, -0.2) is 53.1 Å². The second-order valence-corrected chi connectivity index (χ2v) is 10.1. The average molecular weight is 431 g/mol. The molecule has 31 heavy (non-hydrogen) atoms. The van der Waals surface area contributed by atoms with Crippen LogP contribution in [0.2, 0.25) is 0 Å². The molecule has 8 nitrogen and oxygen atoms in total. The predicted octanol–water partition coefficient (Wildman–Crippen LogP) is 0.792. The van der Waals surface area contributed by atoms with E-state index in [4.69, 9.17) is 11.5 Å². The lowest BCUT2D eigenvalue weighted by atomic mass is 9.80. The van der Waals surface area contributed by atoms with E-state index in [1.54, 1.807) is 0 Å². The summed E-state index contributed by atoms with van der Waals surface area (Å²) in [6.07, 6.45) is 6.92. The summed E-state index contributed by atoms with van der Waals surface area (Å²) in [5, 5.41) is 2.74. The fourth-order valence-electron chi connectivity index (χ4n) is 4.52. The fourth-order valence-corrected chi connectivity index (χ4v) is 4.52. The van der Waals surface area contributed by atoms with Crippen molar-refractivity contribution in [1.82, 2.24) is 10.2 Å². The molecular formula is C23H34N4O4. The van der Waals surface area contributed by atoms with E-state index < -0.39 is 41.1 Å². The average Bonchev–Trinajstić information content (AvgIpc) is 3.06. The minimum Gasteiger partial charge on any atom is -0.363 e. The molecule has 3 rings (SSSR count). The van der Waals surface area contributed by atoms with Crippen molar-refractivity contribution in [3.63, 3.8) is 0 Å². The Labute approximate surface area is 183 Å². The molecule has 3 aliphatic rings. The van der Waals surface area contributed by atoms with Crippen LogP contribution < -0.4 is 16.8 Å². The van der Waals surface area contributed by atoms with E-state index in [1.165, 1.54) is 4.90 Å². The Hall–Kier alpha value is -2.44. The number of nitrogens with zero attached hydrogens (tertiary/aromatic N) is 1. The molecule has 5 N–H and O–H groups in total. The maximum Gasteiger partial charge on any atom is 0.287 e. The van der Waals surface area contributed by atoms with E-state index in [1.807, 2.05) is 26.8 Å². The summed E-state index contributed by atoms with van der Waals surface area (Å²) < 4.78 is 0. The molecule has 1 heterocycles. The molecule has 1 unspecified atom stereocenters. The maximum absolute atomic E-state index is 13.4. The van der Waals surface area contributed by atoms with E-state index in [9.17, 15) is 19.2 Å². The van der Waals surface area contributed by atoms with E-state index in [0.717, 1.165) is 37.7 Å². The van der Waals surface area contributed by atoms with Crippen molar-refractivity contribution < 1.29 is 19.2 Å². The third-order valence-electron chi connectivity index (χ3n) is 6.79. The van der Waals surface area contributed by atoms with Crippen molar-refractivity contribution in [2.75, 3.05) is 6.54 Å². The number of likely N-dealkylation sites (tertiary alicyclic amines) is 1. The standard InChI is InChI=1S/C23H34N4O4/c1-23(2,3)19(24)22(31)27-12-14-9-4-5-10-15(14)17(27)21(30)26-16(18(28)20(25)29)11-13-7-6-8-13/h5,13-14,16-17,19H,4,6-9,11-12,24H2,1-3H3,(H2,25,29)(H,26,30)/t14-,16?,17-,19+/m0/s1. The quantitative estimate of drug-likeness (QED) is 0.405. The number of ketones is 1. The summed E-state index contributed by atoms with van der Waals surface area (Å²) in [7, 11) is 0. The van der Waals surface area contributed by atoms with Gasteiger partial charge in [0.1, 0.15) is 6.04 Å². The summed E-state index contributed by atoms with van der Waals surface area (Å²) in [4.78, 5) is 52.1. The van der Waals surface area contributed by atoms with Crippen LogP contribution >= 0.6 is 0 Å². The molecule has 170 valence electrons. The van der Waals surface area contributed by atoms with E-state index in [-0.39, 0.29) is 17.7 Å². The molecule has 0 bridgehead atoms. The number of carbonyl (C=O) groups excluding carboxylic acids is 4. The number of nitrogens with two attached hydrogens (primary N) is 2. The normalized spacial score (nSPS) is 25.2. The molecule has 4 atom stereocenters. The number of Topliss-reactive ketones (excluding diaryl/α,β-unsaturated/α-hetero) is 1. The number of hydrogen-bond donors (Lipinski definition) is 3. The summed E-state index contributed by atoms with van der Waals surface area (Å²) in [5.41, 5.74) is 14.9. The third-order valence-corrected chi connectivity index (χ3v) is 6.79. The zero-order chi connectivity index (χ0) is 22.9. The van der Waals surface area contributed by atoms with Gasteiger partial charge >= 0.3 is 0 Å². The fraction of sp³-hybridized carbons (Fsp3) is 0.696. The SMILES string of the molecule is CC(C)(C)[C@H](N)C(=O)N1C[C@@H]2CCC=C=C2[C@H]1C(=O)NC(CC1CCC1)C(=O)C(N)=O. The van der Waals surface area contributed by atoms with Gasteiger partial charge in [0.15, 0.2) is 0 Å². The first-order chi connectivity index (χ1) is 14.5. The molecule has 3 amide bonds. The number of hydrogen-bond acceptors (Lipinski definition) is 5. The molecule has 0 aromatic rings. The highest BCUT2D eigenvalue weighted by Crippen LogP contribution is 2.36. The second kappa shape index (κ2) is 8.97. The first-order valence-electron chi connectivity index (χ1n) is 11.2. The van der Waals surface area contributed by atoms with Crippen molar-refractivity contribution in [1.29, 1.82) is 0 Å². The molecule has 1 saturated carbocycles. The monoisotopic (exact) mass is 430 g/mol. The second-order valence-electron chi connectivity index (χ2n) is 10.1. The molecule has 0 aromatic carbocycles. The van der Waals surface area contributed by atoms with Gasteiger partial charge in [-0.05, 0) is 36.7 Å². The Morgan fingerprint density at radius 2 is 1.90 bits per heavy atom. The Bertz CT molecular complexity index is 833.